The lowest BCUT2D eigenvalue weighted by molar-refractivity contribution is -0.0379. The molecule has 2 nitrogen and oxygen atoms in total. The van der Waals surface area contributed by atoms with Gasteiger partial charge in [0.05, 0.1) is 5.60 Å². The van der Waals surface area contributed by atoms with Crippen LogP contribution in [-0.4, -0.2) is 15.7 Å². The summed E-state index contributed by atoms with van der Waals surface area (Å²) in [5.41, 5.74) is 4.47. The van der Waals surface area contributed by atoms with Crippen molar-refractivity contribution in [1.29, 1.82) is 0 Å². The second-order valence-electron chi connectivity index (χ2n) is 10.4. The molecular weight excluding hydrogens is 330 g/mol. The standard InChI is InChI=1S/C25H33NO/c1-23(27)12-13-24(2)18(15-23)6-7-19-21-9-8-20(17-5-4-14-26-16-17)25(21,3)11-10-22(19)24/h4-5,8,14-16,19,21-22,27H,6-7,9-13H2,1-3H3. The van der Waals surface area contributed by atoms with Crippen LogP contribution in [0.2, 0.25) is 0 Å². The molecule has 2 fully saturated rings. The van der Waals surface area contributed by atoms with Crippen molar-refractivity contribution < 1.29 is 5.11 Å². The molecule has 4 aliphatic carbocycles. The summed E-state index contributed by atoms with van der Waals surface area (Å²) in [6.07, 6.45) is 17.1. The Morgan fingerprint density at radius 1 is 1.04 bits per heavy atom. The molecule has 0 spiro atoms. The number of rotatable bonds is 1. The molecular formula is C25H33NO. The summed E-state index contributed by atoms with van der Waals surface area (Å²) in [4.78, 5) is 4.39. The largest absolute Gasteiger partial charge is 0.386 e. The Bertz CT molecular complexity index is 807. The van der Waals surface area contributed by atoms with Crippen LogP contribution in [0.25, 0.3) is 5.57 Å². The molecule has 2 saturated carbocycles. The van der Waals surface area contributed by atoms with Crippen molar-refractivity contribution in [2.24, 2.45) is 28.6 Å². The van der Waals surface area contributed by atoms with Crippen LogP contribution < -0.4 is 0 Å². The minimum Gasteiger partial charge on any atom is -0.386 e. The van der Waals surface area contributed by atoms with Crippen molar-refractivity contribution in [3.63, 3.8) is 0 Å². The average molecular weight is 364 g/mol. The number of aliphatic hydroxyl groups is 1. The molecule has 0 aromatic carbocycles. The van der Waals surface area contributed by atoms with Crippen LogP contribution in [0.3, 0.4) is 0 Å². The number of pyridine rings is 1. The minimum atomic E-state index is -0.590. The van der Waals surface area contributed by atoms with Gasteiger partial charge >= 0.3 is 0 Å². The average Bonchev–Trinajstić information content (AvgIpc) is 3.00. The van der Waals surface area contributed by atoms with Crippen LogP contribution in [0.5, 0.6) is 0 Å². The summed E-state index contributed by atoms with van der Waals surface area (Å²) in [6.45, 7) is 7.03. The van der Waals surface area contributed by atoms with Crippen molar-refractivity contribution >= 4 is 5.57 Å². The third-order valence-corrected chi connectivity index (χ3v) is 8.93. The Morgan fingerprint density at radius 3 is 2.67 bits per heavy atom. The quantitative estimate of drug-likeness (QED) is 0.641. The number of allylic oxidation sites excluding steroid dienone is 3. The summed E-state index contributed by atoms with van der Waals surface area (Å²) in [7, 11) is 0. The fourth-order valence-electron chi connectivity index (χ4n) is 7.41. The molecule has 0 bridgehead atoms. The van der Waals surface area contributed by atoms with Crippen LogP contribution in [0, 0.1) is 28.6 Å². The zero-order valence-corrected chi connectivity index (χ0v) is 17.0. The molecule has 0 amide bonds. The lowest BCUT2D eigenvalue weighted by Crippen LogP contribution is -2.51. The van der Waals surface area contributed by atoms with Crippen LogP contribution >= 0.6 is 0 Å². The molecule has 0 saturated heterocycles. The second kappa shape index (κ2) is 5.80. The van der Waals surface area contributed by atoms with Crippen molar-refractivity contribution in [3.05, 3.63) is 47.8 Å². The first-order valence-electron chi connectivity index (χ1n) is 10.9. The summed E-state index contributed by atoms with van der Waals surface area (Å²) in [6, 6.07) is 4.32. The van der Waals surface area contributed by atoms with Gasteiger partial charge in [0.1, 0.15) is 0 Å². The van der Waals surface area contributed by atoms with E-state index in [1.54, 1.807) is 11.1 Å². The molecule has 5 rings (SSSR count). The zero-order chi connectivity index (χ0) is 18.9. The van der Waals surface area contributed by atoms with Gasteiger partial charge in [-0.3, -0.25) is 4.98 Å². The van der Waals surface area contributed by atoms with E-state index in [2.05, 4.69) is 49.3 Å². The molecule has 6 atom stereocenters. The predicted molar refractivity (Wildman–Crippen MR) is 110 cm³/mol. The van der Waals surface area contributed by atoms with Crippen molar-refractivity contribution in [2.75, 3.05) is 0 Å². The maximum Gasteiger partial charge on any atom is 0.0802 e. The third kappa shape index (κ3) is 2.52. The van der Waals surface area contributed by atoms with E-state index in [9.17, 15) is 5.11 Å². The van der Waals surface area contributed by atoms with Crippen LogP contribution in [0.4, 0.5) is 0 Å². The highest BCUT2D eigenvalue weighted by Gasteiger charge is 2.57. The maximum absolute atomic E-state index is 10.6. The number of hydrogen-bond acceptors (Lipinski definition) is 2. The van der Waals surface area contributed by atoms with E-state index in [-0.39, 0.29) is 0 Å². The zero-order valence-electron chi connectivity index (χ0n) is 17.0. The normalized spacial score (nSPS) is 46.0. The topological polar surface area (TPSA) is 33.1 Å². The van der Waals surface area contributed by atoms with E-state index in [0.717, 1.165) is 30.6 Å². The Kier molecular flexibility index (Phi) is 3.79. The first kappa shape index (κ1) is 17.7. The fourth-order valence-corrected chi connectivity index (χ4v) is 7.41. The van der Waals surface area contributed by atoms with E-state index in [1.807, 2.05) is 13.1 Å². The predicted octanol–water partition coefficient (Wildman–Crippen LogP) is 5.79. The van der Waals surface area contributed by atoms with Gasteiger partial charge in [0.2, 0.25) is 0 Å². The van der Waals surface area contributed by atoms with Gasteiger partial charge in [-0.2, -0.15) is 0 Å². The number of aromatic nitrogens is 1. The Morgan fingerprint density at radius 2 is 1.89 bits per heavy atom. The lowest BCUT2D eigenvalue weighted by Gasteiger charge is -2.59. The maximum atomic E-state index is 10.6. The van der Waals surface area contributed by atoms with Gasteiger partial charge in [-0.15, -0.1) is 0 Å². The molecule has 27 heavy (non-hydrogen) atoms. The van der Waals surface area contributed by atoms with Gasteiger partial charge < -0.3 is 5.11 Å². The van der Waals surface area contributed by atoms with Gasteiger partial charge in [0.25, 0.3) is 0 Å². The highest BCUT2D eigenvalue weighted by Crippen LogP contribution is 2.67. The summed E-state index contributed by atoms with van der Waals surface area (Å²) >= 11 is 0. The molecule has 0 radical (unpaired) electrons. The van der Waals surface area contributed by atoms with Crippen molar-refractivity contribution in [2.45, 2.75) is 71.3 Å². The molecule has 1 heterocycles. The van der Waals surface area contributed by atoms with E-state index in [4.69, 9.17) is 0 Å². The van der Waals surface area contributed by atoms with E-state index < -0.39 is 5.60 Å². The monoisotopic (exact) mass is 363 g/mol. The van der Waals surface area contributed by atoms with E-state index in [0.29, 0.717) is 10.8 Å². The van der Waals surface area contributed by atoms with Crippen LogP contribution in [-0.2, 0) is 0 Å². The highest BCUT2D eigenvalue weighted by atomic mass is 16.3. The first-order chi connectivity index (χ1) is 12.8. The molecule has 6 unspecified atom stereocenters. The molecule has 4 aliphatic rings. The number of hydrogen-bond donors (Lipinski definition) is 1. The lowest BCUT2D eigenvalue weighted by atomic mass is 9.46. The molecule has 2 heteroatoms. The molecule has 1 aromatic heterocycles. The molecule has 1 aromatic rings. The first-order valence-corrected chi connectivity index (χ1v) is 10.9. The van der Waals surface area contributed by atoms with Crippen molar-refractivity contribution in [3.8, 4) is 0 Å². The Balaban J connectivity index is 1.47. The van der Waals surface area contributed by atoms with Gasteiger partial charge in [-0.25, -0.2) is 0 Å². The van der Waals surface area contributed by atoms with Gasteiger partial charge in [0.15, 0.2) is 0 Å². The highest BCUT2D eigenvalue weighted by molar-refractivity contribution is 5.72. The number of fused-ring (bicyclic) bond motifs is 5. The van der Waals surface area contributed by atoms with Gasteiger partial charge in [0, 0.05) is 12.4 Å². The SMILES string of the molecule is CC1(O)C=C2CCC3C(CCC4(C)C(c5cccnc5)=CCC34)C2(C)CC1. The molecule has 0 aliphatic heterocycles. The Labute approximate surface area is 163 Å². The number of nitrogens with zero attached hydrogens (tertiary/aromatic N) is 1. The van der Waals surface area contributed by atoms with E-state index >= 15 is 0 Å². The summed E-state index contributed by atoms with van der Waals surface area (Å²) in [5, 5.41) is 10.6. The summed E-state index contributed by atoms with van der Waals surface area (Å²) < 4.78 is 0. The van der Waals surface area contributed by atoms with E-state index in [1.165, 1.54) is 37.7 Å². The van der Waals surface area contributed by atoms with Crippen molar-refractivity contribution in [1.82, 2.24) is 4.98 Å². The molecule has 1 N–H and O–H groups in total. The summed E-state index contributed by atoms with van der Waals surface area (Å²) in [5.74, 6) is 2.37. The fraction of sp³-hybridized carbons (Fsp3) is 0.640. The minimum absolute atomic E-state index is 0.307. The third-order valence-electron chi connectivity index (χ3n) is 8.93. The van der Waals surface area contributed by atoms with Gasteiger partial charge in [-0.05, 0) is 97.7 Å². The van der Waals surface area contributed by atoms with Crippen LogP contribution in [0.15, 0.2) is 42.3 Å². The smallest absolute Gasteiger partial charge is 0.0802 e. The molecule has 144 valence electrons. The van der Waals surface area contributed by atoms with Crippen LogP contribution in [0.1, 0.15) is 71.3 Å². The second-order valence-corrected chi connectivity index (χ2v) is 10.4. The Hall–Kier alpha value is -1.41. The van der Waals surface area contributed by atoms with Gasteiger partial charge in [-0.1, -0.05) is 37.6 Å².